The molecule has 1 nitrogen and oxygen atoms in total. The molecule has 0 amide bonds. The molecule has 0 spiro atoms. The Labute approximate surface area is 92.9 Å². The SMILES string of the molecule is CC/C=C/C(=O)C1C2CCC(C2)C1(C)C. The van der Waals surface area contributed by atoms with Crippen LogP contribution in [0.4, 0.5) is 0 Å². The second kappa shape index (κ2) is 3.77. The van der Waals surface area contributed by atoms with Gasteiger partial charge in [-0.05, 0) is 49.0 Å². The van der Waals surface area contributed by atoms with Crippen LogP contribution < -0.4 is 0 Å². The molecule has 2 bridgehead atoms. The molecule has 0 N–H and O–H groups in total. The van der Waals surface area contributed by atoms with Gasteiger partial charge >= 0.3 is 0 Å². The van der Waals surface area contributed by atoms with Crippen molar-refractivity contribution in [2.24, 2.45) is 23.2 Å². The van der Waals surface area contributed by atoms with E-state index in [1.54, 1.807) is 0 Å². The third kappa shape index (κ3) is 1.66. The molecule has 0 saturated heterocycles. The number of hydrogen-bond donors (Lipinski definition) is 0. The van der Waals surface area contributed by atoms with E-state index in [-0.39, 0.29) is 5.41 Å². The largest absolute Gasteiger partial charge is 0.295 e. The van der Waals surface area contributed by atoms with Crippen molar-refractivity contribution in [2.75, 3.05) is 0 Å². The number of rotatable bonds is 3. The summed E-state index contributed by atoms with van der Waals surface area (Å²) in [6, 6.07) is 0. The quantitative estimate of drug-likeness (QED) is 0.645. The molecule has 15 heavy (non-hydrogen) atoms. The fourth-order valence-electron chi connectivity index (χ4n) is 3.79. The predicted molar refractivity (Wildman–Crippen MR) is 62.5 cm³/mol. The van der Waals surface area contributed by atoms with Gasteiger partial charge in [0.25, 0.3) is 0 Å². The van der Waals surface area contributed by atoms with Gasteiger partial charge in [-0.3, -0.25) is 4.79 Å². The highest BCUT2D eigenvalue weighted by Crippen LogP contribution is 2.59. The minimum Gasteiger partial charge on any atom is -0.295 e. The Balaban J connectivity index is 2.15. The van der Waals surface area contributed by atoms with Crippen LogP contribution in [0.3, 0.4) is 0 Å². The summed E-state index contributed by atoms with van der Waals surface area (Å²) < 4.78 is 0. The fourth-order valence-corrected chi connectivity index (χ4v) is 3.79. The molecule has 2 rings (SSSR count). The molecule has 2 saturated carbocycles. The molecule has 0 radical (unpaired) electrons. The van der Waals surface area contributed by atoms with E-state index in [0.29, 0.717) is 17.6 Å². The van der Waals surface area contributed by atoms with Crippen LogP contribution in [-0.4, -0.2) is 5.78 Å². The third-order valence-corrected chi connectivity index (χ3v) is 4.62. The van der Waals surface area contributed by atoms with Crippen molar-refractivity contribution in [2.45, 2.75) is 46.5 Å². The fraction of sp³-hybridized carbons (Fsp3) is 0.786. The summed E-state index contributed by atoms with van der Waals surface area (Å²) in [6.45, 7) is 6.66. The first-order valence-corrected chi connectivity index (χ1v) is 6.27. The molecule has 2 aliphatic rings. The number of ketones is 1. The van der Waals surface area contributed by atoms with E-state index >= 15 is 0 Å². The van der Waals surface area contributed by atoms with Crippen molar-refractivity contribution in [3.63, 3.8) is 0 Å². The summed E-state index contributed by atoms with van der Waals surface area (Å²) >= 11 is 0. The van der Waals surface area contributed by atoms with Gasteiger partial charge in [0.05, 0.1) is 0 Å². The number of carbonyl (C=O) groups excluding carboxylic acids is 1. The molecule has 0 aromatic rings. The molecule has 3 atom stereocenters. The molecular weight excluding hydrogens is 184 g/mol. The average molecular weight is 206 g/mol. The Bertz CT molecular complexity index is 288. The van der Waals surface area contributed by atoms with Gasteiger partial charge in [-0.15, -0.1) is 0 Å². The summed E-state index contributed by atoms with van der Waals surface area (Å²) in [6.07, 6.45) is 8.72. The Morgan fingerprint density at radius 1 is 1.40 bits per heavy atom. The monoisotopic (exact) mass is 206 g/mol. The molecule has 0 aromatic carbocycles. The zero-order valence-electron chi connectivity index (χ0n) is 10.1. The number of hydrogen-bond acceptors (Lipinski definition) is 1. The lowest BCUT2D eigenvalue weighted by Gasteiger charge is -2.36. The van der Waals surface area contributed by atoms with E-state index in [1.807, 2.05) is 12.2 Å². The van der Waals surface area contributed by atoms with Crippen LogP contribution in [-0.2, 0) is 4.79 Å². The number of carbonyl (C=O) groups is 1. The van der Waals surface area contributed by atoms with Gasteiger partial charge in [0, 0.05) is 5.92 Å². The van der Waals surface area contributed by atoms with Gasteiger partial charge < -0.3 is 0 Å². The summed E-state index contributed by atoms with van der Waals surface area (Å²) in [5.41, 5.74) is 0.248. The van der Waals surface area contributed by atoms with Crippen LogP contribution >= 0.6 is 0 Å². The summed E-state index contributed by atoms with van der Waals surface area (Å²) in [5.74, 6) is 2.17. The van der Waals surface area contributed by atoms with Gasteiger partial charge in [0.1, 0.15) is 0 Å². The van der Waals surface area contributed by atoms with Gasteiger partial charge in [-0.1, -0.05) is 26.8 Å². The maximum Gasteiger partial charge on any atom is 0.159 e. The maximum absolute atomic E-state index is 12.1. The summed E-state index contributed by atoms with van der Waals surface area (Å²) in [5, 5.41) is 0. The molecular formula is C14H22O. The van der Waals surface area contributed by atoms with E-state index in [4.69, 9.17) is 0 Å². The van der Waals surface area contributed by atoms with E-state index in [2.05, 4.69) is 20.8 Å². The highest BCUT2D eigenvalue weighted by Gasteiger charge is 2.54. The molecule has 2 fully saturated rings. The predicted octanol–water partition coefficient (Wildman–Crippen LogP) is 3.59. The van der Waals surface area contributed by atoms with Crippen molar-refractivity contribution in [3.8, 4) is 0 Å². The Kier molecular flexibility index (Phi) is 2.74. The van der Waals surface area contributed by atoms with Crippen LogP contribution in [0.15, 0.2) is 12.2 Å². The van der Waals surface area contributed by atoms with Crippen LogP contribution in [0.2, 0.25) is 0 Å². The third-order valence-electron chi connectivity index (χ3n) is 4.62. The van der Waals surface area contributed by atoms with Crippen LogP contribution in [0, 0.1) is 23.2 Å². The van der Waals surface area contributed by atoms with Crippen molar-refractivity contribution in [1.82, 2.24) is 0 Å². The smallest absolute Gasteiger partial charge is 0.159 e. The normalized spacial score (nSPS) is 37.7. The first kappa shape index (κ1) is 10.9. The molecule has 2 aliphatic carbocycles. The minimum atomic E-state index is 0.248. The number of allylic oxidation sites excluding steroid dienone is 2. The van der Waals surface area contributed by atoms with Crippen LogP contribution in [0.25, 0.3) is 0 Å². The molecule has 1 heteroatoms. The summed E-state index contributed by atoms with van der Waals surface area (Å²) in [7, 11) is 0. The van der Waals surface area contributed by atoms with E-state index in [9.17, 15) is 4.79 Å². The topological polar surface area (TPSA) is 17.1 Å². The zero-order valence-corrected chi connectivity index (χ0v) is 10.1. The lowest BCUT2D eigenvalue weighted by atomic mass is 9.67. The van der Waals surface area contributed by atoms with E-state index in [1.165, 1.54) is 19.3 Å². The molecule has 0 aliphatic heterocycles. The van der Waals surface area contributed by atoms with Gasteiger partial charge in [0.2, 0.25) is 0 Å². The lowest BCUT2D eigenvalue weighted by molar-refractivity contribution is -0.123. The Hall–Kier alpha value is -0.590. The van der Waals surface area contributed by atoms with E-state index < -0.39 is 0 Å². The maximum atomic E-state index is 12.1. The summed E-state index contributed by atoms with van der Waals surface area (Å²) in [4.78, 5) is 12.1. The standard InChI is InChI=1S/C14H22O/c1-4-5-6-12(15)13-10-7-8-11(9-10)14(13,2)3/h5-6,10-11,13H,4,7-9H2,1-3H3/b6-5+. The first-order valence-electron chi connectivity index (χ1n) is 6.27. The van der Waals surface area contributed by atoms with Crippen molar-refractivity contribution in [1.29, 1.82) is 0 Å². The molecule has 0 aromatic heterocycles. The minimum absolute atomic E-state index is 0.248. The van der Waals surface area contributed by atoms with Gasteiger partial charge in [-0.25, -0.2) is 0 Å². The second-order valence-electron chi connectivity index (χ2n) is 5.78. The highest BCUT2D eigenvalue weighted by molar-refractivity contribution is 5.92. The molecule has 0 heterocycles. The number of fused-ring (bicyclic) bond motifs is 2. The highest BCUT2D eigenvalue weighted by atomic mass is 16.1. The van der Waals surface area contributed by atoms with Gasteiger partial charge in [0.15, 0.2) is 5.78 Å². The van der Waals surface area contributed by atoms with E-state index in [0.717, 1.165) is 12.3 Å². The molecule has 3 unspecified atom stereocenters. The lowest BCUT2D eigenvalue weighted by Crippen LogP contribution is -2.35. The van der Waals surface area contributed by atoms with Crippen molar-refractivity contribution in [3.05, 3.63) is 12.2 Å². The first-order chi connectivity index (χ1) is 7.07. The average Bonchev–Trinajstić information content (AvgIpc) is 2.71. The zero-order chi connectivity index (χ0) is 11.1. The van der Waals surface area contributed by atoms with Crippen LogP contribution in [0.5, 0.6) is 0 Å². The Morgan fingerprint density at radius 2 is 2.13 bits per heavy atom. The van der Waals surface area contributed by atoms with Crippen molar-refractivity contribution < 1.29 is 4.79 Å². The second-order valence-corrected chi connectivity index (χ2v) is 5.78. The Morgan fingerprint density at radius 3 is 2.67 bits per heavy atom. The van der Waals surface area contributed by atoms with Crippen molar-refractivity contribution >= 4 is 5.78 Å². The van der Waals surface area contributed by atoms with Crippen LogP contribution in [0.1, 0.15) is 46.5 Å². The molecule has 84 valence electrons. The van der Waals surface area contributed by atoms with Gasteiger partial charge in [-0.2, -0.15) is 0 Å².